The Morgan fingerprint density at radius 1 is 1.16 bits per heavy atom. The molecule has 3 rings (SSSR count). The highest BCUT2D eigenvalue weighted by molar-refractivity contribution is 7.99. The molecule has 0 spiro atoms. The van der Waals surface area contributed by atoms with Crippen molar-refractivity contribution in [2.75, 3.05) is 25.3 Å². The van der Waals surface area contributed by atoms with E-state index in [0.29, 0.717) is 17.6 Å². The molecule has 0 amide bonds. The van der Waals surface area contributed by atoms with Gasteiger partial charge in [-0.25, -0.2) is 4.68 Å². The van der Waals surface area contributed by atoms with Gasteiger partial charge in [0.1, 0.15) is 17.3 Å². The fraction of sp³-hybridized carbons (Fsp3) is 0.294. The molecule has 0 saturated carbocycles. The molecule has 7 nitrogen and oxygen atoms in total. The smallest absolute Gasteiger partial charge is 0.210 e. The van der Waals surface area contributed by atoms with E-state index in [4.69, 9.17) is 19.7 Å². The highest BCUT2D eigenvalue weighted by Gasteiger charge is 2.15. The van der Waals surface area contributed by atoms with Crippen molar-refractivity contribution in [3.05, 3.63) is 42.4 Å². The van der Waals surface area contributed by atoms with Gasteiger partial charge < -0.3 is 19.7 Å². The first-order valence-electron chi connectivity index (χ1n) is 7.83. The van der Waals surface area contributed by atoms with Crippen LogP contribution in [0.25, 0.3) is 11.4 Å². The quantitative estimate of drug-likeness (QED) is 0.375. The van der Waals surface area contributed by atoms with Crippen LogP contribution in [0.2, 0.25) is 0 Å². The van der Waals surface area contributed by atoms with Crippen LogP contribution in [-0.2, 0) is 0 Å². The summed E-state index contributed by atoms with van der Waals surface area (Å²) in [6, 6.07) is 9.37. The minimum absolute atomic E-state index is 0.600. The van der Waals surface area contributed by atoms with Gasteiger partial charge in [-0.15, -0.1) is 10.2 Å². The standard InChI is InChI=1S/C17H20N4O3S/c1-12-15(8-10-23-12)16-19-20-17(21(16)18)25-11-3-9-24-14-6-4-13(22-2)5-7-14/h4-8,10H,3,9,11,18H2,1-2H3. The van der Waals surface area contributed by atoms with Gasteiger partial charge in [-0.1, -0.05) is 11.8 Å². The van der Waals surface area contributed by atoms with Crippen molar-refractivity contribution in [3.63, 3.8) is 0 Å². The molecule has 3 aromatic rings. The number of ether oxygens (including phenoxy) is 2. The zero-order valence-corrected chi connectivity index (χ0v) is 15.0. The van der Waals surface area contributed by atoms with Crippen LogP contribution < -0.4 is 15.3 Å². The van der Waals surface area contributed by atoms with Gasteiger partial charge in [0.15, 0.2) is 5.82 Å². The predicted molar refractivity (Wildman–Crippen MR) is 96.4 cm³/mol. The Hall–Kier alpha value is -2.61. The van der Waals surface area contributed by atoms with Crippen LogP contribution in [0.3, 0.4) is 0 Å². The van der Waals surface area contributed by atoms with Crippen LogP contribution in [0.15, 0.2) is 46.2 Å². The number of hydrogen-bond donors (Lipinski definition) is 1. The van der Waals surface area contributed by atoms with Crippen molar-refractivity contribution >= 4 is 11.8 Å². The second kappa shape index (κ2) is 7.98. The number of thioether (sulfide) groups is 1. The van der Waals surface area contributed by atoms with Crippen molar-refractivity contribution < 1.29 is 13.9 Å². The third-order valence-corrected chi connectivity index (χ3v) is 4.64. The monoisotopic (exact) mass is 360 g/mol. The van der Waals surface area contributed by atoms with E-state index in [1.165, 1.54) is 4.68 Å². The fourth-order valence-electron chi connectivity index (χ4n) is 2.26. The molecule has 0 aliphatic rings. The molecular weight excluding hydrogens is 340 g/mol. The number of hydrogen-bond acceptors (Lipinski definition) is 7. The number of benzene rings is 1. The van der Waals surface area contributed by atoms with E-state index in [-0.39, 0.29) is 0 Å². The van der Waals surface area contributed by atoms with E-state index < -0.39 is 0 Å². The molecule has 2 N–H and O–H groups in total. The summed E-state index contributed by atoms with van der Waals surface area (Å²) in [6.07, 6.45) is 2.48. The fourth-order valence-corrected chi connectivity index (χ4v) is 3.03. The zero-order chi connectivity index (χ0) is 17.6. The number of nitrogens with two attached hydrogens (primary N) is 1. The lowest BCUT2D eigenvalue weighted by molar-refractivity contribution is 0.318. The van der Waals surface area contributed by atoms with E-state index in [2.05, 4.69) is 10.2 Å². The third kappa shape index (κ3) is 4.08. The molecule has 0 unspecified atom stereocenters. The maximum Gasteiger partial charge on any atom is 0.210 e. The first-order valence-corrected chi connectivity index (χ1v) is 8.82. The van der Waals surface area contributed by atoms with Gasteiger partial charge in [0.25, 0.3) is 0 Å². The highest BCUT2D eigenvalue weighted by atomic mass is 32.2. The van der Waals surface area contributed by atoms with Crippen molar-refractivity contribution in [1.29, 1.82) is 0 Å². The minimum atomic E-state index is 0.600. The molecule has 8 heteroatoms. The number of aryl methyl sites for hydroxylation is 1. The number of furan rings is 1. The summed E-state index contributed by atoms with van der Waals surface area (Å²) in [4.78, 5) is 0. The Labute approximate surface area is 150 Å². The van der Waals surface area contributed by atoms with Gasteiger partial charge in [-0.3, -0.25) is 0 Å². The van der Waals surface area contributed by atoms with Crippen LogP contribution in [0.1, 0.15) is 12.2 Å². The number of methoxy groups -OCH3 is 1. The largest absolute Gasteiger partial charge is 0.497 e. The summed E-state index contributed by atoms with van der Waals surface area (Å²) < 4.78 is 17.6. The van der Waals surface area contributed by atoms with Crippen LogP contribution in [0.5, 0.6) is 11.5 Å². The summed E-state index contributed by atoms with van der Waals surface area (Å²) >= 11 is 1.55. The maximum atomic E-state index is 6.08. The van der Waals surface area contributed by atoms with Gasteiger partial charge in [0.2, 0.25) is 5.16 Å². The molecule has 2 heterocycles. The average molecular weight is 360 g/mol. The Bertz CT molecular complexity index is 814. The summed E-state index contributed by atoms with van der Waals surface area (Å²) in [5.41, 5.74) is 0.852. The molecular formula is C17H20N4O3S. The van der Waals surface area contributed by atoms with Gasteiger partial charge in [0.05, 0.1) is 25.5 Å². The summed E-state index contributed by atoms with van der Waals surface area (Å²) in [5.74, 6) is 9.92. The summed E-state index contributed by atoms with van der Waals surface area (Å²) in [7, 11) is 1.64. The normalized spacial score (nSPS) is 10.8. The summed E-state index contributed by atoms with van der Waals surface area (Å²) in [5, 5.41) is 8.95. The molecule has 0 radical (unpaired) electrons. The van der Waals surface area contributed by atoms with Crippen molar-refractivity contribution in [2.24, 2.45) is 0 Å². The molecule has 0 aliphatic carbocycles. The molecule has 0 bridgehead atoms. The van der Waals surface area contributed by atoms with Gasteiger partial charge in [-0.2, -0.15) is 0 Å². The zero-order valence-electron chi connectivity index (χ0n) is 14.1. The Morgan fingerprint density at radius 3 is 2.60 bits per heavy atom. The number of rotatable bonds is 8. The van der Waals surface area contributed by atoms with E-state index in [0.717, 1.165) is 35.0 Å². The van der Waals surface area contributed by atoms with E-state index in [1.54, 1.807) is 25.1 Å². The molecule has 0 aliphatic heterocycles. The second-order valence-corrected chi connectivity index (χ2v) is 6.35. The SMILES string of the molecule is COc1ccc(OCCCSc2nnc(-c3ccoc3C)n2N)cc1. The number of aromatic nitrogens is 3. The van der Waals surface area contributed by atoms with E-state index >= 15 is 0 Å². The third-order valence-electron chi connectivity index (χ3n) is 3.61. The Balaban J connectivity index is 1.46. The van der Waals surface area contributed by atoms with Gasteiger partial charge in [0, 0.05) is 5.75 Å². The van der Waals surface area contributed by atoms with Crippen molar-refractivity contribution in [1.82, 2.24) is 14.9 Å². The topological polar surface area (TPSA) is 88.3 Å². The first kappa shape index (κ1) is 17.2. The number of nitrogen functional groups attached to an aromatic ring is 1. The highest BCUT2D eigenvalue weighted by Crippen LogP contribution is 2.25. The van der Waals surface area contributed by atoms with Crippen LogP contribution in [-0.4, -0.2) is 34.3 Å². The van der Waals surface area contributed by atoms with E-state index in [9.17, 15) is 0 Å². The molecule has 0 saturated heterocycles. The molecule has 25 heavy (non-hydrogen) atoms. The van der Waals surface area contributed by atoms with Crippen molar-refractivity contribution in [3.8, 4) is 22.9 Å². The lowest BCUT2D eigenvalue weighted by Crippen LogP contribution is -2.12. The lowest BCUT2D eigenvalue weighted by atomic mass is 10.2. The average Bonchev–Trinajstić information content (AvgIpc) is 3.21. The van der Waals surface area contributed by atoms with Crippen molar-refractivity contribution in [2.45, 2.75) is 18.5 Å². The van der Waals surface area contributed by atoms with Gasteiger partial charge >= 0.3 is 0 Å². The molecule has 0 atom stereocenters. The van der Waals surface area contributed by atoms with Crippen LogP contribution >= 0.6 is 11.8 Å². The minimum Gasteiger partial charge on any atom is -0.497 e. The van der Waals surface area contributed by atoms with Crippen LogP contribution in [0, 0.1) is 6.92 Å². The number of nitrogens with zero attached hydrogens (tertiary/aromatic N) is 3. The lowest BCUT2D eigenvalue weighted by Gasteiger charge is -2.07. The van der Waals surface area contributed by atoms with E-state index in [1.807, 2.05) is 37.3 Å². The second-order valence-electron chi connectivity index (χ2n) is 5.29. The molecule has 1 aromatic carbocycles. The molecule has 0 fully saturated rings. The summed E-state index contributed by atoms with van der Waals surface area (Å²) in [6.45, 7) is 2.49. The van der Waals surface area contributed by atoms with Gasteiger partial charge in [-0.05, 0) is 43.7 Å². The maximum absolute atomic E-state index is 6.08. The first-order chi connectivity index (χ1) is 12.2. The predicted octanol–water partition coefficient (Wildman–Crippen LogP) is 3.13. The Kier molecular flexibility index (Phi) is 5.49. The molecule has 2 aromatic heterocycles. The molecule has 132 valence electrons. The Morgan fingerprint density at radius 2 is 1.92 bits per heavy atom. The van der Waals surface area contributed by atoms with Crippen LogP contribution in [0.4, 0.5) is 0 Å².